The van der Waals surface area contributed by atoms with Gasteiger partial charge in [0.1, 0.15) is 5.60 Å². The van der Waals surface area contributed by atoms with E-state index in [1.54, 1.807) is 85.7 Å². The Kier molecular flexibility index (Phi) is 12.1. The van der Waals surface area contributed by atoms with Crippen molar-refractivity contribution in [3.05, 3.63) is 104 Å². The first-order chi connectivity index (χ1) is 32.3. The number of nitrogens with one attached hydrogen (secondary N) is 1. The molecule has 2 aliphatic heterocycles. The maximum absolute atomic E-state index is 13.9. The van der Waals surface area contributed by atoms with Crippen LogP contribution in [-0.4, -0.2) is 96.9 Å². The van der Waals surface area contributed by atoms with E-state index in [1.807, 2.05) is 19.2 Å². The van der Waals surface area contributed by atoms with E-state index >= 15 is 0 Å². The third-order valence-electron chi connectivity index (χ3n) is 12.0. The molecule has 6 heterocycles. The lowest BCUT2D eigenvalue weighted by Crippen LogP contribution is -2.37. The first-order valence-corrected chi connectivity index (χ1v) is 21.7. The number of benzene rings is 4. The van der Waals surface area contributed by atoms with Crippen LogP contribution in [-0.2, 0) is 44.3 Å². The predicted molar refractivity (Wildman–Crippen MR) is 251 cm³/mol. The topological polar surface area (TPSA) is 229 Å². The highest BCUT2D eigenvalue weighted by atomic mass is 16.7. The van der Waals surface area contributed by atoms with Gasteiger partial charge in [-0.1, -0.05) is 0 Å². The highest BCUT2D eigenvalue weighted by Crippen LogP contribution is 2.40. The van der Waals surface area contributed by atoms with E-state index in [0.717, 1.165) is 16.3 Å². The molecule has 67 heavy (non-hydrogen) atoms. The Morgan fingerprint density at radius 2 is 1.03 bits per heavy atom. The number of fused-ring (bicyclic) bond motifs is 12. The summed E-state index contributed by atoms with van der Waals surface area (Å²) in [6.07, 6.45) is 2.95. The average Bonchev–Trinajstić information content (AvgIpc) is 4.00. The van der Waals surface area contributed by atoms with Crippen LogP contribution >= 0.6 is 0 Å². The molecule has 18 nitrogen and oxygen atoms in total. The minimum absolute atomic E-state index is 0.101. The molecule has 0 aliphatic carbocycles. The molecule has 0 fully saturated rings. The van der Waals surface area contributed by atoms with Crippen molar-refractivity contribution in [1.82, 2.24) is 29.3 Å². The van der Waals surface area contributed by atoms with Gasteiger partial charge in [0.25, 0.3) is 11.1 Å². The largest absolute Gasteiger partial charge is 0.454 e. The van der Waals surface area contributed by atoms with Crippen molar-refractivity contribution in [2.75, 3.05) is 40.8 Å². The van der Waals surface area contributed by atoms with Crippen LogP contribution in [0.25, 0.3) is 65.2 Å². The first kappa shape index (κ1) is 45.1. The summed E-state index contributed by atoms with van der Waals surface area (Å²) in [6.45, 7) is 6.04. The summed E-state index contributed by atoms with van der Waals surface area (Å²) in [7, 11) is 3.46. The minimum atomic E-state index is -0.646. The number of hydrogen-bond acceptors (Lipinski definition) is 15. The lowest BCUT2D eigenvalue weighted by atomic mass is 9.98. The molecule has 8 aromatic rings. The number of aliphatic hydroxyl groups is 4. The molecular formula is C49H50N6O12. The Morgan fingerprint density at radius 1 is 0.627 bits per heavy atom. The molecule has 4 aromatic carbocycles. The van der Waals surface area contributed by atoms with Crippen molar-refractivity contribution < 1.29 is 48.9 Å². The predicted octanol–water partition coefficient (Wildman–Crippen LogP) is 4.92. The Balaban J connectivity index is 0.000000171. The second-order valence-electron chi connectivity index (χ2n) is 17.4. The molecule has 0 atom stereocenters. The number of carbonyl (C=O) groups excluding carboxylic acids is 1. The standard InChI is InChI=1S/C27H29N3O7.C22H21N3O5/c1-27(2,3)37-26(34)29(4)5-6-30-24-19-9-22-23(36-14-35-22)10-21(19)28-11-20(24)17-7-15(12-31)16(13-32)8-18(17)25(30)33;1-23-2-3-25-21-16-6-19-20(30-11-29-19)7-18(16)24-8-17(21)14-4-12(9-26)13(10-27)5-15(14)22(25)28/h7-11,31-32H,5-6,12-14H2,1-4H3;4-8,23,26-27H,2-3,9-11H2,1H3. The molecule has 0 saturated carbocycles. The van der Waals surface area contributed by atoms with Crippen LogP contribution < -0.4 is 35.4 Å². The van der Waals surface area contributed by atoms with Gasteiger partial charge in [-0.25, -0.2) is 4.79 Å². The van der Waals surface area contributed by atoms with Crippen molar-refractivity contribution in [2.24, 2.45) is 0 Å². The van der Waals surface area contributed by atoms with Gasteiger partial charge in [0.05, 0.1) is 48.5 Å². The summed E-state index contributed by atoms with van der Waals surface area (Å²) in [6, 6.07) is 14.0. The van der Waals surface area contributed by atoms with E-state index in [4.69, 9.17) is 23.7 Å². The number of amides is 1. The van der Waals surface area contributed by atoms with Crippen LogP contribution in [0.3, 0.4) is 0 Å². The van der Waals surface area contributed by atoms with Crippen molar-refractivity contribution >= 4 is 71.2 Å². The monoisotopic (exact) mass is 914 g/mol. The van der Waals surface area contributed by atoms with E-state index < -0.39 is 11.7 Å². The highest BCUT2D eigenvalue weighted by molar-refractivity contribution is 6.16. The number of rotatable bonds is 10. The number of aliphatic hydroxyl groups excluding tert-OH is 4. The van der Waals surface area contributed by atoms with Crippen molar-refractivity contribution in [3.63, 3.8) is 0 Å². The summed E-state index contributed by atoms with van der Waals surface area (Å²) in [5.74, 6) is 2.39. The van der Waals surface area contributed by atoms with Gasteiger partial charge in [0.15, 0.2) is 23.0 Å². The molecule has 18 heteroatoms. The average molecular weight is 915 g/mol. The van der Waals surface area contributed by atoms with Gasteiger partial charge < -0.3 is 63.5 Å². The lowest BCUT2D eigenvalue weighted by molar-refractivity contribution is 0.0293. The Labute approximate surface area is 382 Å². The lowest BCUT2D eigenvalue weighted by Gasteiger charge is -2.25. The van der Waals surface area contributed by atoms with Gasteiger partial charge in [-0.3, -0.25) is 19.6 Å². The second kappa shape index (κ2) is 17.9. The van der Waals surface area contributed by atoms with E-state index in [-0.39, 0.29) is 64.2 Å². The summed E-state index contributed by atoms with van der Waals surface area (Å²) < 4.78 is 30.9. The van der Waals surface area contributed by atoms with Crippen LogP contribution in [0, 0.1) is 0 Å². The molecule has 1 amide bonds. The molecule has 0 bridgehead atoms. The van der Waals surface area contributed by atoms with Gasteiger partial charge in [0.2, 0.25) is 13.6 Å². The Bertz CT molecular complexity index is 3420. The quantitative estimate of drug-likeness (QED) is 0.115. The van der Waals surface area contributed by atoms with Crippen molar-refractivity contribution in [2.45, 2.75) is 65.9 Å². The fraction of sp³-hybridized carbons (Fsp3) is 0.327. The molecule has 2 aliphatic rings. The Hall–Kier alpha value is -7.09. The van der Waals surface area contributed by atoms with Gasteiger partial charge in [-0.05, 0) is 97.2 Å². The number of aromatic nitrogens is 4. The second-order valence-corrected chi connectivity index (χ2v) is 17.4. The molecule has 348 valence electrons. The maximum atomic E-state index is 13.9. The number of likely N-dealkylation sites (N-methyl/N-ethyl adjacent to an activating group) is 2. The van der Waals surface area contributed by atoms with Gasteiger partial charge >= 0.3 is 6.09 Å². The number of nitrogens with zero attached hydrogens (tertiary/aromatic N) is 5. The summed E-state index contributed by atoms with van der Waals surface area (Å²) in [5, 5.41) is 47.4. The van der Waals surface area contributed by atoms with Gasteiger partial charge in [0, 0.05) is 90.1 Å². The van der Waals surface area contributed by atoms with Crippen LogP contribution in [0.1, 0.15) is 43.0 Å². The zero-order chi connectivity index (χ0) is 47.3. The molecule has 5 N–H and O–H groups in total. The SMILES string of the molecule is CN(CCn1c(=O)c2cc(CO)c(CO)cc2c2cnc3cc4c(cc3c21)OCO4)C(=O)OC(C)(C)C.CNCCn1c(=O)c2cc(CO)c(CO)cc2c2cnc3cc4c(cc3c21)OCO4. The fourth-order valence-electron chi connectivity index (χ4n) is 8.70. The molecule has 0 saturated heterocycles. The van der Waals surface area contributed by atoms with Crippen LogP contribution in [0.15, 0.2) is 70.5 Å². The third-order valence-corrected chi connectivity index (χ3v) is 12.0. The summed E-state index contributed by atoms with van der Waals surface area (Å²) in [5.41, 5.74) is 3.75. The zero-order valence-corrected chi connectivity index (χ0v) is 37.6. The third kappa shape index (κ3) is 8.16. The van der Waals surface area contributed by atoms with E-state index in [2.05, 4.69) is 15.3 Å². The molecular weight excluding hydrogens is 865 g/mol. The van der Waals surface area contributed by atoms with Gasteiger partial charge in [-0.2, -0.15) is 0 Å². The van der Waals surface area contributed by atoms with Crippen LogP contribution in [0.4, 0.5) is 4.79 Å². The summed E-state index contributed by atoms with van der Waals surface area (Å²) in [4.78, 5) is 50.6. The molecule has 0 unspecified atom stereocenters. The van der Waals surface area contributed by atoms with Crippen molar-refractivity contribution in [3.8, 4) is 23.0 Å². The normalized spacial score (nSPS) is 13.0. The van der Waals surface area contributed by atoms with Gasteiger partial charge in [-0.15, -0.1) is 0 Å². The van der Waals surface area contributed by atoms with Crippen molar-refractivity contribution in [1.29, 1.82) is 0 Å². The summed E-state index contributed by atoms with van der Waals surface area (Å²) >= 11 is 0. The fourth-order valence-corrected chi connectivity index (χ4v) is 8.70. The molecule has 4 aromatic heterocycles. The van der Waals surface area contributed by atoms with E-state index in [0.29, 0.717) is 107 Å². The van der Waals surface area contributed by atoms with Crippen LogP contribution in [0.2, 0.25) is 0 Å². The smallest absolute Gasteiger partial charge is 0.410 e. The van der Waals surface area contributed by atoms with E-state index in [1.165, 1.54) is 4.90 Å². The number of carbonyl (C=O) groups is 1. The molecule has 0 radical (unpaired) electrons. The molecule has 10 rings (SSSR count). The maximum Gasteiger partial charge on any atom is 0.410 e. The molecule has 0 spiro atoms. The number of hydrogen-bond donors (Lipinski definition) is 5. The Morgan fingerprint density at radius 3 is 1.43 bits per heavy atom. The van der Waals surface area contributed by atoms with Crippen LogP contribution in [0.5, 0.6) is 23.0 Å². The first-order valence-electron chi connectivity index (χ1n) is 21.7. The minimum Gasteiger partial charge on any atom is -0.454 e. The van der Waals surface area contributed by atoms with E-state index in [9.17, 15) is 34.8 Å². The number of ether oxygens (including phenoxy) is 5. The zero-order valence-electron chi connectivity index (χ0n) is 37.6. The number of pyridine rings is 4. The highest BCUT2D eigenvalue weighted by Gasteiger charge is 2.24.